The maximum Gasteiger partial charge on any atom is 0.213 e. The van der Waals surface area contributed by atoms with Crippen LogP contribution in [0.1, 0.15) is 25.6 Å². The molecule has 0 radical (unpaired) electrons. The maximum absolute atomic E-state index is 5.47. The van der Waals surface area contributed by atoms with Gasteiger partial charge in [0.15, 0.2) is 0 Å². The second kappa shape index (κ2) is 3.34. The summed E-state index contributed by atoms with van der Waals surface area (Å²) in [6.45, 7) is 4.77. The number of hydrogen-bond acceptors (Lipinski definition) is 3. The summed E-state index contributed by atoms with van der Waals surface area (Å²) in [6, 6.07) is 5.78. The molecule has 1 aliphatic rings. The molecule has 1 aromatic rings. The molecule has 0 N–H and O–H groups in total. The van der Waals surface area contributed by atoms with Crippen molar-refractivity contribution in [2.24, 2.45) is 0 Å². The van der Waals surface area contributed by atoms with E-state index in [1.807, 2.05) is 32.0 Å². The zero-order valence-electron chi connectivity index (χ0n) is 7.86. The Labute approximate surface area is 77.7 Å². The van der Waals surface area contributed by atoms with Crippen molar-refractivity contribution >= 4 is 0 Å². The lowest BCUT2D eigenvalue weighted by atomic mass is 10.3. The first-order valence-electron chi connectivity index (χ1n) is 4.51. The van der Waals surface area contributed by atoms with Gasteiger partial charge in [0, 0.05) is 6.07 Å². The zero-order chi connectivity index (χ0) is 9.26. The SMILES string of the molecule is CC(C)Oc1cccc(C2CO2)n1. The zero-order valence-corrected chi connectivity index (χ0v) is 7.86. The molecule has 70 valence electrons. The van der Waals surface area contributed by atoms with Crippen molar-refractivity contribution in [3.05, 3.63) is 23.9 Å². The summed E-state index contributed by atoms with van der Waals surface area (Å²) in [7, 11) is 0. The van der Waals surface area contributed by atoms with Crippen LogP contribution in [-0.4, -0.2) is 17.7 Å². The van der Waals surface area contributed by atoms with E-state index < -0.39 is 0 Å². The van der Waals surface area contributed by atoms with E-state index in [4.69, 9.17) is 9.47 Å². The first kappa shape index (κ1) is 8.51. The second-order valence-corrected chi connectivity index (χ2v) is 3.39. The molecule has 0 saturated carbocycles. The largest absolute Gasteiger partial charge is 0.475 e. The minimum atomic E-state index is 0.169. The molecule has 3 nitrogen and oxygen atoms in total. The maximum atomic E-state index is 5.47. The fourth-order valence-electron chi connectivity index (χ4n) is 1.14. The van der Waals surface area contributed by atoms with Gasteiger partial charge in [-0.25, -0.2) is 4.98 Å². The summed E-state index contributed by atoms with van der Waals surface area (Å²) in [4.78, 5) is 4.33. The molecule has 0 spiro atoms. The molecule has 1 aromatic heterocycles. The first-order valence-corrected chi connectivity index (χ1v) is 4.51. The van der Waals surface area contributed by atoms with Crippen LogP contribution in [0.2, 0.25) is 0 Å². The van der Waals surface area contributed by atoms with E-state index in [0.29, 0.717) is 5.88 Å². The van der Waals surface area contributed by atoms with E-state index in [0.717, 1.165) is 12.3 Å². The van der Waals surface area contributed by atoms with Gasteiger partial charge in [-0.15, -0.1) is 0 Å². The van der Waals surface area contributed by atoms with Gasteiger partial charge in [-0.05, 0) is 19.9 Å². The summed E-state index contributed by atoms with van der Waals surface area (Å²) >= 11 is 0. The van der Waals surface area contributed by atoms with Gasteiger partial charge in [-0.3, -0.25) is 0 Å². The van der Waals surface area contributed by atoms with Crippen molar-refractivity contribution in [3.8, 4) is 5.88 Å². The average molecular weight is 179 g/mol. The Morgan fingerprint density at radius 1 is 1.54 bits per heavy atom. The molecule has 0 aliphatic carbocycles. The van der Waals surface area contributed by atoms with E-state index in [1.54, 1.807) is 0 Å². The van der Waals surface area contributed by atoms with Gasteiger partial charge in [-0.2, -0.15) is 0 Å². The molecule has 13 heavy (non-hydrogen) atoms. The molecule has 0 bridgehead atoms. The Kier molecular flexibility index (Phi) is 2.19. The summed E-state index contributed by atoms with van der Waals surface area (Å²) in [5.74, 6) is 0.683. The third kappa shape index (κ3) is 2.18. The number of epoxide rings is 1. The lowest BCUT2D eigenvalue weighted by Crippen LogP contribution is -2.07. The van der Waals surface area contributed by atoms with Gasteiger partial charge < -0.3 is 9.47 Å². The highest BCUT2D eigenvalue weighted by Gasteiger charge is 2.26. The second-order valence-electron chi connectivity index (χ2n) is 3.39. The van der Waals surface area contributed by atoms with Crippen molar-refractivity contribution in [1.29, 1.82) is 0 Å². The van der Waals surface area contributed by atoms with Crippen LogP contribution in [0.25, 0.3) is 0 Å². The lowest BCUT2D eigenvalue weighted by Gasteiger charge is -2.08. The fourth-order valence-corrected chi connectivity index (χ4v) is 1.14. The molecule has 3 heteroatoms. The third-order valence-electron chi connectivity index (χ3n) is 1.76. The number of hydrogen-bond donors (Lipinski definition) is 0. The van der Waals surface area contributed by atoms with Crippen molar-refractivity contribution in [1.82, 2.24) is 4.98 Å². The molecule has 1 aliphatic heterocycles. The molecule has 2 rings (SSSR count). The van der Waals surface area contributed by atoms with Gasteiger partial charge in [0.2, 0.25) is 5.88 Å². The first-order chi connectivity index (χ1) is 6.25. The molecular weight excluding hydrogens is 166 g/mol. The van der Waals surface area contributed by atoms with Crippen molar-refractivity contribution < 1.29 is 9.47 Å². The summed E-state index contributed by atoms with van der Waals surface area (Å²) < 4.78 is 10.6. The normalized spacial score (nSPS) is 20.4. The minimum absolute atomic E-state index is 0.169. The van der Waals surface area contributed by atoms with Crippen LogP contribution in [0.3, 0.4) is 0 Å². The number of nitrogens with zero attached hydrogens (tertiary/aromatic N) is 1. The highest BCUT2D eigenvalue weighted by atomic mass is 16.6. The predicted octanol–water partition coefficient (Wildman–Crippen LogP) is 1.94. The molecule has 1 unspecified atom stereocenters. The highest BCUT2D eigenvalue weighted by Crippen LogP contribution is 2.29. The lowest BCUT2D eigenvalue weighted by molar-refractivity contribution is 0.231. The molecule has 0 aromatic carbocycles. The Hall–Kier alpha value is -1.09. The van der Waals surface area contributed by atoms with E-state index in [-0.39, 0.29) is 12.2 Å². The Morgan fingerprint density at radius 3 is 2.92 bits per heavy atom. The number of ether oxygens (including phenoxy) is 2. The number of rotatable bonds is 3. The Bertz CT molecular complexity index is 295. The molecule has 1 fully saturated rings. The Balaban J connectivity index is 2.12. The monoisotopic (exact) mass is 179 g/mol. The molecule has 0 amide bonds. The van der Waals surface area contributed by atoms with Gasteiger partial charge in [0.1, 0.15) is 6.10 Å². The van der Waals surface area contributed by atoms with Crippen LogP contribution in [0.5, 0.6) is 5.88 Å². The van der Waals surface area contributed by atoms with Crippen LogP contribution < -0.4 is 4.74 Å². The molecular formula is C10H13NO2. The third-order valence-corrected chi connectivity index (χ3v) is 1.76. The molecule has 1 saturated heterocycles. The van der Waals surface area contributed by atoms with Crippen LogP contribution in [0.4, 0.5) is 0 Å². The van der Waals surface area contributed by atoms with Crippen molar-refractivity contribution in [3.63, 3.8) is 0 Å². The number of pyridine rings is 1. The topological polar surface area (TPSA) is 34.6 Å². The van der Waals surface area contributed by atoms with Crippen LogP contribution in [-0.2, 0) is 4.74 Å². The smallest absolute Gasteiger partial charge is 0.213 e. The van der Waals surface area contributed by atoms with E-state index >= 15 is 0 Å². The summed E-state index contributed by atoms with van der Waals surface area (Å²) in [5, 5.41) is 0. The van der Waals surface area contributed by atoms with Crippen LogP contribution in [0.15, 0.2) is 18.2 Å². The van der Waals surface area contributed by atoms with E-state index in [2.05, 4.69) is 4.98 Å². The van der Waals surface area contributed by atoms with E-state index in [1.165, 1.54) is 0 Å². The fraction of sp³-hybridized carbons (Fsp3) is 0.500. The quantitative estimate of drug-likeness (QED) is 0.665. The van der Waals surface area contributed by atoms with E-state index in [9.17, 15) is 0 Å². The van der Waals surface area contributed by atoms with Crippen molar-refractivity contribution in [2.45, 2.75) is 26.1 Å². The summed E-state index contributed by atoms with van der Waals surface area (Å²) in [6.07, 6.45) is 0.374. The van der Waals surface area contributed by atoms with Gasteiger partial charge in [-0.1, -0.05) is 6.07 Å². The highest BCUT2D eigenvalue weighted by molar-refractivity contribution is 5.19. The number of aromatic nitrogens is 1. The van der Waals surface area contributed by atoms with Gasteiger partial charge in [0.25, 0.3) is 0 Å². The Morgan fingerprint density at radius 2 is 2.31 bits per heavy atom. The van der Waals surface area contributed by atoms with Gasteiger partial charge >= 0.3 is 0 Å². The average Bonchev–Trinajstić information content (AvgIpc) is 2.85. The van der Waals surface area contributed by atoms with Crippen molar-refractivity contribution in [2.75, 3.05) is 6.61 Å². The van der Waals surface area contributed by atoms with Gasteiger partial charge in [0.05, 0.1) is 18.4 Å². The summed E-state index contributed by atoms with van der Waals surface area (Å²) in [5.41, 5.74) is 0.971. The van der Waals surface area contributed by atoms with Crippen LogP contribution in [0, 0.1) is 0 Å². The predicted molar refractivity (Wildman–Crippen MR) is 48.7 cm³/mol. The molecule has 2 heterocycles. The molecule has 1 atom stereocenters. The van der Waals surface area contributed by atoms with Crippen LogP contribution >= 0.6 is 0 Å². The minimum Gasteiger partial charge on any atom is -0.475 e. The standard InChI is InChI=1S/C10H13NO2/c1-7(2)13-10-5-3-4-8(11-10)9-6-12-9/h3-5,7,9H,6H2,1-2H3.